The van der Waals surface area contributed by atoms with Crippen LogP contribution >= 0.6 is 0 Å². The fraction of sp³-hybridized carbons (Fsp3) is 0.455. The van der Waals surface area contributed by atoms with Crippen molar-refractivity contribution in [2.24, 2.45) is 5.73 Å². The van der Waals surface area contributed by atoms with E-state index in [0.29, 0.717) is 0 Å². The molecule has 0 aromatic heterocycles. The van der Waals surface area contributed by atoms with Crippen LogP contribution in [0.4, 0.5) is 4.39 Å². The average molecular weight is 179 g/mol. The lowest BCUT2D eigenvalue weighted by molar-refractivity contribution is 0.406. The molecule has 1 aliphatic rings. The monoisotopic (exact) mass is 179 g/mol. The quantitative estimate of drug-likeness (QED) is 0.650. The van der Waals surface area contributed by atoms with Crippen LogP contribution in [0.5, 0.6) is 0 Å². The van der Waals surface area contributed by atoms with Gasteiger partial charge in [-0.1, -0.05) is 6.07 Å². The molecule has 1 nitrogen and oxygen atoms in total. The molecular formula is C11H14FN. The van der Waals surface area contributed by atoms with E-state index < -0.39 is 0 Å². The zero-order chi connectivity index (χ0) is 9.47. The van der Waals surface area contributed by atoms with Gasteiger partial charge in [0.05, 0.1) is 0 Å². The first-order valence-electron chi connectivity index (χ1n) is 4.67. The van der Waals surface area contributed by atoms with Crippen LogP contribution < -0.4 is 5.73 Å². The molecule has 0 saturated carbocycles. The van der Waals surface area contributed by atoms with Gasteiger partial charge in [0.15, 0.2) is 0 Å². The van der Waals surface area contributed by atoms with Gasteiger partial charge in [-0.25, -0.2) is 4.39 Å². The highest BCUT2D eigenvalue weighted by Crippen LogP contribution is 2.33. The van der Waals surface area contributed by atoms with Gasteiger partial charge in [-0.15, -0.1) is 0 Å². The Balaban J connectivity index is 2.55. The summed E-state index contributed by atoms with van der Waals surface area (Å²) in [6, 6.07) is 4.95. The SMILES string of the molecule is CC1(N)CCCc2ccc(F)cc21. The molecule has 0 amide bonds. The predicted octanol–water partition coefficient (Wildman–Crippen LogP) is 2.34. The number of hydrogen-bond donors (Lipinski definition) is 1. The molecule has 0 fully saturated rings. The minimum absolute atomic E-state index is 0.183. The lowest BCUT2D eigenvalue weighted by Crippen LogP contribution is -2.36. The van der Waals surface area contributed by atoms with E-state index in [9.17, 15) is 4.39 Å². The number of fused-ring (bicyclic) bond motifs is 1. The Bertz CT molecular complexity index is 331. The molecule has 13 heavy (non-hydrogen) atoms. The van der Waals surface area contributed by atoms with E-state index in [1.165, 1.54) is 11.6 Å². The fourth-order valence-electron chi connectivity index (χ4n) is 2.08. The maximum Gasteiger partial charge on any atom is 0.123 e. The van der Waals surface area contributed by atoms with Crippen molar-refractivity contribution < 1.29 is 4.39 Å². The molecule has 1 aliphatic carbocycles. The van der Waals surface area contributed by atoms with Gasteiger partial charge in [-0.3, -0.25) is 0 Å². The smallest absolute Gasteiger partial charge is 0.123 e. The van der Waals surface area contributed by atoms with Crippen molar-refractivity contribution in [3.8, 4) is 0 Å². The Hall–Kier alpha value is -0.890. The molecule has 2 rings (SSSR count). The van der Waals surface area contributed by atoms with Gasteiger partial charge < -0.3 is 5.73 Å². The van der Waals surface area contributed by atoms with Crippen molar-refractivity contribution in [2.45, 2.75) is 31.7 Å². The second-order valence-corrected chi connectivity index (χ2v) is 4.07. The van der Waals surface area contributed by atoms with Gasteiger partial charge in [0.1, 0.15) is 5.82 Å². The molecule has 1 aromatic carbocycles. The minimum atomic E-state index is -0.338. The minimum Gasteiger partial charge on any atom is -0.322 e. The summed E-state index contributed by atoms with van der Waals surface area (Å²) in [6.07, 6.45) is 3.08. The number of rotatable bonds is 0. The number of halogens is 1. The first-order chi connectivity index (χ1) is 6.09. The molecule has 1 unspecified atom stereocenters. The molecule has 1 aromatic rings. The van der Waals surface area contributed by atoms with Gasteiger partial charge in [0, 0.05) is 5.54 Å². The van der Waals surface area contributed by atoms with Crippen LogP contribution in [0.25, 0.3) is 0 Å². The summed E-state index contributed by atoms with van der Waals surface area (Å²) in [5.41, 5.74) is 7.95. The molecule has 0 spiro atoms. The Morgan fingerprint density at radius 3 is 3.00 bits per heavy atom. The summed E-state index contributed by atoms with van der Waals surface area (Å²) >= 11 is 0. The van der Waals surface area contributed by atoms with Crippen LogP contribution in [-0.2, 0) is 12.0 Å². The van der Waals surface area contributed by atoms with E-state index in [-0.39, 0.29) is 11.4 Å². The van der Waals surface area contributed by atoms with Gasteiger partial charge >= 0.3 is 0 Å². The van der Waals surface area contributed by atoms with E-state index in [1.54, 1.807) is 6.07 Å². The maximum absolute atomic E-state index is 13.0. The van der Waals surface area contributed by atoms with Crippen LogP contribution in [0.1, 0.15) is 30.9 Å². The summed E-state index contributed by atoms with van der Waals surface area (Å²) in [7, 11) is 0. The third-order valence-electron chi connectivity index (χ3n) is 2.83. The van der Waals surface area contributed by atoms with Crippen LogP contribution in [0.15, 0.2) is 18.2 Å². The topological polar surface area (TPSA) is 26.0 Å². The Morgan fingerprint density at radius 2 is 2.23 bits per heavy atom. The number of benzene rings is 1. The van der Waals surface area contributed by atoms with Crippen molar-refractivity contribution in [2.75, 3.05) is 0 Å². The fourth-order valence-corrected chi connectivity index (χ4v) is 2.08. The molecule has 2 N–H and O–H groups in total. The van der Waals surface area contributed by atoms with Crippen molar-refractivity contribution in [1.82, 2.24) is 0 Å². The zero-order valence-corrected chi connectivity index (χ0v) is 7.81. The van der Waals surface area contributed by atoms with Crippen LogP contribution in [0.2, 0.25) is 0 Å². The van der Waals surface area contributed by atoms with E-state index >= 15 is 0 Å². The maximum atomic E-state index is 13.0. The summed E-state index contributed by atoms with van der Waals surface area (Å²) in [5, 5.41) is 0. The van der Waals surface area contributed by atoms with E-state index in [0.717, 1.165) is 24.8 Å². The van der Waals surface area contributed by atoms with Crippen LogP contribution in [0, 0.1) is 5.82 Å². The summed E-state index contributed by atoms with van der Waals surface area (Å²) in [5.74, 6) is -0.183. The van der Waals surface area contributed by atoms with Gasteiger partial charge in [-0.05, 0) is 49.4 Å². The second kappa shape index (κ2) is 2.81. The van der Waals surface area contributed by atoms with Gasteiger partial charge in [0.25, 0.3) is 0 Å². The Morgan fingerprint density at radius 1 is 1.46 bits per heavy atom. The average Bonchev–Trinajstić information content (AvgIpc) is 2.06. The highest BCUT2D eigenvalue weighted by atomic mass is 19.1. The number of aryl methyl sites for hydroxylation is 1. The number of nitrogens with two attached hydrogens (primary N) is 1. The number of hydrogen-bond acceptors (Lipinski definition) is 1. The highest BCUT2D eigenvalue weighted by molar-refractivity contribution is 5.35. The highest BCUT2D eigenvalue weighted by Gasteiger charge is 2.27. The third kappa shape index (κ3) is 1.46. The van der Waals surface area contributed by atoms with E-state index in [1.807, 2.05) is 13.0 Å². The molecule has 0 heterocycles. The summed E-state index contributed by atoms with van der Waals surface area (Å²) < 4.78 is 13.0. The molecular weight excluding hydrogens is 165 g/mol. The molecule has 70 valence electrons. The van der Waals surface area contributed by atoms with Crippen LogP contribution in [-0.4, -0.2) is 0 Å². The Labute approximate surface area is 77.8 Å². The summed E-state index contributed by atoms with van der Waals surface area (Å²) in [4.78, 5) is 0. The van der Waals surface area contributed by atoms with E-state index in [4.69, 9.17) is 5.73 Å². The Kier molecular flexibility index (Phi) is 1.88. The molecule has 2 heteroatoms. The molecule has 0 radical (unpaired) electrons. The lowest BCUT2D eigenvalue weighted by Gasteiger charge is -2.32. The lowest BCUT2D eigenvalue weighted by atomic mass is 9.78. The van der Waals surface area contributed by atoms with Crippen LogP contribution in [0.3, 0.4) is 0 Å². The second-order valence-electron chi connectivity index (χ2n) is 4.07. The first-order valence-corrected chi connectivity index (χ1v) is 4.67. The molecule has 1 atom stereocenters. The zero-order valence-electron chi connectivity index (χ0n) is 7.81. The molecule has 0 bridgehead atoms. The molecule has 0 aliphatic heterocycles. The van der Waals surface area contributed by atoms with Crippen molar-refractivity contribution in [3.63, 3.8) is 0 Å². The van der Waals surface area contributed by atoms with Crippen molar-refractivity contribution in [1.29, 1.82) is 0 Å². The van der Waals surface area contributed by atoms with Crippen molar-refractivity contribution >= 4 is 0 Å². The molecule has 0 saturated heterocycles. The summed E-state index contributed by atoms with van der Waals surface area (Å²) in [6.45, 7) is 1.98. The van der Waals surface area contributed by atoms with Crippen molar-refractivity contribution in [3.05, 3.63) is 35.1 Å². The van der Waals surface area contributed by atoms with Gasteiger partial charge in [0.2, 0.25) is 0 Å². The normalized spacial score (nSPS) is 27.0. The largest absolute Gasteiger partial charge is 0.322 e. The van der Waals surface area contributed by atoms with E-state index in [2.05, 4.69) is 0 Å². The van der Waals surface area contributed by atoms with Gasteiger partial charge in [-0.2, -0.15) is 0 Å². The first kappa shape index (κ1) is 8.70. The standard InChI is InChI=1S/C11H14FN/c1-11(13)6-2-3-8-4-5-9(12)7-10(8)11/h4-5,7H,2-3,6,13H2,1H3. The predicted molar refractivity (Wildman–Crippen MR) is 50.9 cm³/mol. The third-order valence-corrected chi connectivity index (χ3v) is 2.83.